The zero-order valence-electron chi connectivity index (χ0n) is 11.2. The van der Waals surface area contributed by atoms with E-state index in [4.69, 9.17) is 51.1 Å². The largest absolute Gasteiger partial charge is 0.676 e. The number of nitrogens with two attached hydrogens (primary N) is 1. The summed E-state index contributed by atoms with van der Waals surface area (Å²) >= 11 is 0. The number of hydrogen-bond acceptors (Lipinski definition) is 5. The smallest absolute Gasteiger partial charge is 0.161 e. The van der Waals surface area contributed by atoms with E-state index in [-0.39, 0.29) is 26.2 Å². The maximum Gasteiger partial charge on any atom is 0.161 e. The van der Waals surface area contributed by atoms with Gasteiger partial charge in [-0.3, -0.25) is 46.9 Å². The number of hydrogen-bond donors (Lipinski definition) is 5. The Hall–Kier alpha value is -1.84. The maximum absolute atomic E-state index is 8.89. The van der Waals surface area contributed by atoms with Gasteiger partial charge in [0.25, 0.3) is 0 Å². The molecule has 0 radical (unpaired) electrons. The van der Waals surface area contributed by atoms with Crippen molar-refractivity contribution in [3.05, 3.63) is 33.4 Å². The van der Waals surface area contributed by atoms with Crippen molar-refractivity contribution in [3.8, 4) is 0 Å². The quantitative estimate of drug-likeness (QED) is 0.372. The van der Waals surface area contributed by atoms with Crippen molar-refractivity contribution in [1.82, 2.24) is 0 Å². The molecule has 0 aliphatic rings. The van der Waals surface area contributed by atoms with E-state index >= 15 is 0 Å². The zero-order valence-corrected chi connectivity index (χ0v) is 13.7. The van der Waals surface area contributed by atoms with Gasteiger partial charge in [0.2, 0.25) is 0 Å². The van der Waals surface area contributed by atoms with Gasteiger partial charge in [-0.1, -0.05) is 0 Å². The van der Waals surface area contributed by atoms with Crippen molar-refractivity contribution in [1.29, 1.82) is 0 Å². The van der Waals surface area contributed by atoms with Crippen LogP contribution < -0.4 is 5.73 Å². The Bertz CT molecular complexity index is 195. The molecule has 0 aromatic carbocycles. The fourth-order valence-corrected chi connectivity index (χ4v) is 0. The van der Waals surface area contributed by atoms with Crippen LogP contribution in [0.5, 0.6) is 0 Å². The van der Waals surface area contributed by atoms with Gasteiger partial charge in [0.1, 0.15) is 0 Å². The molecule has 11 heteroatoms. The molecule has 0 spiro atoms. The van der Waals surface area contributed by atoms with Crippen LogP contribution in [0.3, 0.4) is 0 Å². The summed E-state index contributed by atoms with van der Waals surface area (Å²) in [4.78, 5) is 35.6. The fraction of sp³-hybridized carbons (Fsp3) is 0.200. The van der Waals surface area contributed by atoms with Crippen LogP contribution in [0.15, 0.2) is 0 Å². The molecule has 0 aliphatic carbocycles. The Morgan fingerprint density at radius 1 is 0.762 bits per heavy atom. The van der Waals surface area contributed by atoms with Crippen LogP contribution in [0.25, 0.3) is 5.73 Å². The number of carboxylic acids is 4. The number of aliphatic carboxylic acids is 4. The topological polar surface area (TPSA) is 199 Å². The number of nitrogens with one attached hydrogen (secondary N) is 1. The van der Waals surface area contributed by atoms with Crippen LogP contribution in [-0.2, 0) is 45.4 Å². The SMILES string of the molecule is [CH2-]C(=O)O.[CH2-]C(=O)O.[CH2-]C(=O)O.[CH2-]C(=O)O.[NH-]CCN.[Zr]. The molecule has 10 nitrogen and oxygen atoms in total. The molecule has 0 unspecified atom stereocenters. The van der Waals surface area contributed by atoms with Crippen molar-refractivity contribution in [3.63, 3.8) is 0 Å². The van der Waals surface area contributed by atoms with E-state index in [9.17, 15) is 0 Å². The van der Waals surface area contributed by atoms with E-state index in [1.54, 1.807) is 0 Å². The fourth-order valence-electron chi connectivity index (χ4n) is 0. The van der Waals surface area contributed by atoms with Crippen LogP contribution in [0.4, 0.5) is 0 Å². The molecule has 0 bridgehead atoms. The summed E-state index contributed by atoms with van der Waals surface area (Å²) < 4.78 is 0. The van der Waals surface area contributed by atoms with Gasteiger partial charge >= 0.3 is 0 Å². The monoisotopic (exact) mass is 385 g/mol. The number of carbonyl (C=O) groups is 4. The van der Waals surface area contributed by atoms with Gasteiger partial charge in [0.15, 0.2) is 23.9 Å². The van der Waals surface area contributed by atoms with Gasteiger partial charge in [-0.05, 0) is 6.54 Å². The van der Waals surface area contributed by atoms with Gasteiger partial charge in [-0.15, -0.1) is 6.54 Å². The van der Waals surface area contributed by atoms with E-state index in [1.807, 2.05) is 0 Å². The normalized spacial score (nSPS) is 6.00. The minimum Gasteiger partial charge on any atom is -0.676 e. The molecule has 0 amide bonds. The first-order valence-corrected chi connectivity index (χ1v) is 4.39. The summed E-state index contributed by atoms with van der Waals surface area (Å²) in [5, 5.41) is 29.2. The van der Waals surface area contributed by atoms with E-state index in [2.05, 4.69) is 27.7 Å². The minimum absolute atomic E-state index is 0. The Balaban J connectivity index is -0.0000000331. The van der Waals surface area contributed by atoms with Gasteiger partial charge in [-0.2, -0.15) is 0 Å². The van der Waals surface area contributed by atoms with Crippen LogP contribution in [0.1, 0.15) is 0 Å². The van der Waals surface area contributed by atoms with Gasteiger partial charge in [0, 0.05) is 26.2 Å². The van der Waals surface area contributed by atoms with Crippen LogP contribution in [0.2, 0.25) is 0 Å². The summed E-state index contributed by atoms with van der Waals surface area (Å²) in [5.74, 6) is -4.33. The number of rotatable bonds is 1. The summed E-state index contributed by atoms with van der Waals surface area (Å²) in [6, 6.07) is 0. The van der Waals surface area contributed by atoms with Crippen molar-refractivity contribution < 1.29 is 65.8 Å². The molecule has 7 N–H and O–H groups in total. The molecular formula is C10H19N2O8Zr-5. The molecule has 126 valence electrons. The first-order valence-electron chi connectivity index (χ1n) is 4.39. The maximum atomic E-state index is 8.89. The molecule has 0 heterocycles. The van der Waals surface area contributed by atoms with E-state index in [0.717, 1.165) is 0 Å². The third-order valence-electron chi connectivity index (χ3n) is 0.144. The van der Waals surface area contributed by atoms with Gasteiger partial charge in [-0.25, -0.2) is 0 Å². The van der Waals surface area contributed by atoms with Crippen molar-refractivity contribution >= 4 is 23.9 Å². The standard InChI is InChI=1S/C2H7N2.4C2H3O2.Zr/c3-1-2-4;4*1-2(3)4;/h3H,1-2,4H2;4*1H2,(H,3,4);/q5*-1;. The Kier molecular flexibility index (Phi) is 62.8. The summed E-state index contributed by atoms with van der Waals surface area (Å²) in [6.07, 6.45) is 0. The Morgan fingerprint density at radius 2 is 0.810 bits per heavy atom. The molecule has 0 fully saturated rings. The van der Waals surface area contributed by atoms with Crippen LogP contribution >= 0.6 is 0 Å². The molecule has 21 heavy (non-hydrogen) atoms. The molecule has 0 atom stereocenters. The Morgan fingerprint density at radius 3 is 0.810 bits per heavy atom. The van der Waals surface area contributed by atoms with E-state index in [1.165, 1.54) is 0 Å². The van der Waals surface area contributed by atoms with Crippen molar-refractivity contribution in [2.75, 3.05) is 13.1 Å². The predicted octanol–water partition coefficient (Wildman–Crippen LogP) is -0.385. The number of carboxylic acid groups (broad SMARTS) is 4. The second kappa shape index (κ2) is 36.2. The molecule has 0 aromatic heterocycles. The molecule has 0 saturated heterocycles. The minimum atomic E-state index is -1.08. The van der Waals surface area contributed by atoms with Crippen LogP contribution in [0, 0.1) is 27.7 Å². The predicted molar refractivity (Wildman–Crippen MR) is 70.2 cm³/mol. The van der Waals surface area contributed by atoms with Crippen molar-refractivity contribution in [2.45, 2.75) is 0 Å². The molecule has 0 aromatic rings. The first kappa shape index (κ1) is 36.5. The molecule has 0 rings (SSSR count). The average molecular weight is 386 g/mol. The first-order chi connectivity index (χ1) is 8.84. The average Bonchev–Trinajstić information content (AvgIpc) is 2.13. The molecule has 0 saturated carbocycles. The zero-order chi connectivity index (χ0) is 17.7. The second-order valence-electron chi connectivity index (χ2n) is 2.11. The Labute approximate surface area is 142 Å². The molecular weight excluding hydrogens is 367 g/mol. The molecule has 0 aliphatic heterocycles. The van der Waals surface area contributed by atoms with Crippen molar-refractivity contribution in [2.24, 2.45) is 5.73 Å². The second-order valence-corrected chi connectivity index (χ2v) is 2.11. The van der Waals surface area contributed by atoms with Gasteiger partial charge < -0.3 is 31.9 Å². The van der Waals surface area contributed by atoms with Gasteiger partial charge in [0.05, 0.1) is 0 Å². The summed E-state index contributed by atoms with van der Waals surface area (Å²) in [6.45, 7) is 11.1. The van der Waals surface area contributed by atoms with E-state index in [0.29, 0.717) is 13.1 Å². The third-order valence-corrected chi connectivity index (χ3v) is 0.144. The summed E-state index contributed by atoms with van der Waals surface area (Å²) in [7, 11) is 0. The van der Waals surface area contributed by atoms with Crippen LogP contribution in [-0.4, -0.2) is 57.4 Å². The van der Waals surface area contributed by atoms with E-state index < -0.39 is 23.9 Å². The third kappa shape index (κ3) is 6780. The summed E-state index contributed by atoms with van der Waals surface area (Å²) in [5.41, 5.74) is 11.2.